The Morgan fingerprint density at radius 2 is 1.82 bits per heavy atom. The van der Waals surface area contributed by atoms with Gasteiger partial charge in [-0.3, -0.25) is 9.10 Å². The van der Waals surface area contributed by atoms with Gasteiger partial charge in [0.05, 0.1) is 5.69 Å². The van der Waals surface area contributed by atoms with Gasteiger partial charge in [-0.15, -0.1) is 0 Å². The fraction of sp³-hybridized carbons (Fsp3) is 0.350. The maximum absolute atomic E-state index is 13.1. The Balaban J connectivity index is 1.48. The SMILES string of the molecule is C[C@@]1(C(=O)Nc2ccc(OC3CSC3)cc2)CCN(c2ccccc2)S1(=O)=O. The summed E-state index contributed by atoms with van der Waals surface area (Å²) >= 11 is 1.85. The van der Waals surface area contributed by atoms with Crippen LogP contribution in [0.15, 0.2) is 54.6 Å². The van der Waals surface area contributed by atoms with Crippen molar-refractivity contribution in [3.05, 3.63) is 54.6 Å². The molecule has 1 amide bonds. The first-order valence-corrected chi connectivity index (χ1v) is 11.7. The summed E-state index contributed by atoms with van der Waals surface area (Å²) in [6.45, 7) is 1.77. The summed E-state index contributed by atoms with van der Waals surface area (Å²) in [5.41, 5.74) is 1.13. The number of sulfonamides is 1. The summed E-state index contributed by atoms with van der Waals surface area (Å²) in [4.78, 5) is 12.9. The lowest BCUT2D eigenvalue weighted by Crippen LogP contribution is -2.47. The van der Waals surface area contributed by atoms with Gasteiger partial charge in [0.25, 0.3) is 0 Å². The summed E-state index contributed by atoms with van der Waals surface area (Å²) in [6.07, 6.45) is 0.480. The molecule has 28 heavy (non-hydrogen) atoms. The monoisotopic (exact) mass is 418 g/mol. The highest BCUT2D eigenvalue weighted by molar-refractivity contribution is 8.00. The van der Waals surface area contributed by atoms with Crippen LogP contribution in [-0.2, 0) is 14.8 Å². The van der Waals surface area contributed by atoms with Crippen molar-refractivity contribution >= 4 is 39.1 Å². The van der Waals surface area contributed by atoms with Gasteiger partial charge in [0, 0.05) is 23.7 Å². The van der Waals surface area contributed by atoms with E-state index in [0.29, 0.717) is 11.4 Å². The van der Waals surface area contributed by atoms with E-state index in [1.54, 1.807) is 48.5 Å². The van der Waals surface area contributed by atoms with Crippen molar-refractivity contribution in [1.82, 2.24) is 0 Å². The molecule has 0 unspecified atom stereocenters. The molecule has 2 aromatic carbocycles. The van der Waals surface area contributed by atoms with Crippen LogP contribution in [-0.4, -0.2) is 43.2 Å². The summed E-state index contributed by atoms with van der Waals surface area (Å²) in [6, 6.07) is 15.9. The normalized spacial score (nSPS) is 23.8. The minimum atomic E-state index is -3.83. The first-order valence-electron chi connectivity index (χ1n) is 9.13. The van der Waals surface area contributed by atoms with E-state index in [-0.39, 0.29) is 19.1 Å². The van der Waals surface area contributed by atoms with E-state index in [4.69, 9.17) is 4.74 Å². The first kappa shape index (κ1) is 19.1. The summed E-state index contributed by atoms with van der Waals surface area (Å²) in [7, 11) is -3.83. The molecule has 2 fully saturated rings. The number of amides is 1. The maximum atomic E-state index is 13.1. The predicted molar refractivity (Wildman–Crippen MR) is 113 cm³/mol. The van der Waals surface area contributed by atoms with Gasteiger partial charge in [-0.05, 0) is 49.7 Å². The number of anilines is 2. The third-order valence-corrected chi connectivity index (χ3v) is 8.92. The zero-order valence-corrected chi connectivity index (χ0v) is 17.1. The number of nitrogens with zero attached hydrogens (tertiary/aromatic N) is 1. The maximum Gasteiger partial charge on any atom is 0.249 e. The van der Waals surface area contributed by atoms with Crippen LogP contribution in [0.3, 0.4) is 0 Å². The Morgan fingerprint density at radius 1 is 1.14 bits per heavy atom. The zero-order valence-electron chi connectivity index (χ0n) is 15.5. The quantitative estimate of drug-likeness (QED) is 0.807. The predicted octanol–water partition coefficient (Wildman–Crippen LogP) is 3.12. The van der Waals surface area contributed by atoms with Crippen LogP contribution in [0.2, 0.25) is 0 Å². The van der Waals surface area contributed by atoms with E-state index in [1.165, 1.54) is 11.2 Å². The molecule has 6 nitrogen and oxygen atoms in total. The van der Waals surface area contributed by atoms with E-state index >= 15 is 0 Å². The van der Waals surface area contributed by atoms with E-state index < -0.39 is 20.7 Å². The Kier molecular flexibility index (Phi) is 5.01. The number of carbonyl (C=O) groups excluding carboxylic acids is 1. The van der Waals surface area contributed by atoms with Crippen LogP contribution in [0.4, 0.5) is 11.4 Å². The molecule has 0 saturated carbocycles. The molecule has 1 atom stereocenters. The van der Waals surface area contributed by atoms with Crippen molar-refractivity contribution in [2.75, 3.05) is 27.7 Å². The van der Waals surface area contributed by atoms with E-state index in [9.17, 15) is 13.2 Å². The molecule has 2 aromatic rings. The standard InChI is InChI=1S/C20H22N2O4S2/c1-20(11-12-22(28(20,24)25)16-5-3-2-4-6-16)19(23)21-15-7-9-17(10-8-15)26-18-13-27-14-18/h2-10,18H,11-14H2,1H3,(H,21,23)/t20-/m0/s1. The minimum absolute atomic E-state index is 0.233. The summed E-state index contributed by atoms with van der Waals surface area (Å²) in [5, 5.41) is 2.76. The van der Waals surface area contributed by atoms with Gasteiger partial charge in [0.15, 0.2) is 4.75 Å². The number of ether oxygens (including phenoxy) is 1. The molecular weight excluding hydrogens is 396 g/mol. The lowest BCUT2D eigenvalue weighted by atomic mass is 10.1. The molecule has 2 saturated heterocycles. The fourth-order valence-electron chi connectivity index (χ4n) is 3.25. The largest absolute Gasteiger partial charge is 0.489 e. The number of hydrogen-bond donors (Lipinski definition) is 1. The highest BCUT2D eigenvalue weighted by Crippen LogP contribution is 2.37. The van der Waals surface area contributed by atoms with Crippen LogP contribution in [0.1, 0.15) is 13.3 Å². The van der Waals surface area contributed by atoms with Crippen molar-refractivity contribution in [3.63, 3.8) is 0 Å². The van der Waals surface area contributed by atoms with E-state index in [2.05, 4.69) is 5.32 Å². The first-order chi connectivity index (χ1) is 13.4. The van der Waals surface area contributed by atoms with Gasteiger partial charge in [-0.2, -0.15) is 11.8 Å². The molecular formula is C20H22N2O4S2. The molecule has 148 valence electrons. The molecule has 2 aliphatic heterocycles. The van der Waals surface area contributed by atoms with E-state index in [0.717, 1.165) is 17.3 Å². The van der Waals surface area contributed by atoms with Crippen LogP contribution in [0.5, 0.6) is 5.75 Å². The third-order valence-electron chi connectivity index (χ3n) is 5.20. The zero-order chi connectivity index (χ0) is 19.8. The average molecular weight is 419 g/mol. The van der Waals surface area contributed by atoms with Crippen molar-refractivity contribution in [1.29, 1.82) is 0 Å². The van der Waals surface area contributed by atoms with Crippen molar-refractivity contribution in [2.24, 2.45) is 0 Å². The Morgan fingerprint density at radius 3 is 2.43 bits per heavy atom. The van der Waals surface area contributed by atoms with Crippen LogP contribution in [0, 0.1) is 0 Å². The number of benzene rings is 2. The van der Waals surface area contributed by atoms with Crippen molar-refractivity contribution < 1.29 is 17.9 Å². The molecule has 0 spiro atoms. The van der Waals surface area contributed by atoms with Gasteiger partial charge in [-0.25, -0.2) is 8.42 Å². The highest BCUT2D eigenvalue weighted by Gasteiger charge is 2.54. The van der Waals surface area contributed by atoms with Gasteiger partial charge < -0.3 is 10.1 Å². The lowest BCUT2D eigenvalue weighted by molar-refractivity contribution is -0.118. The van der Waals surface area contributed by atoms with Gasteiger partial charge in [0.2, 0.25) is 15.9 Å². The smallest absolute Gasteiger partial charge is 0.249 e. The Labute approximate surface area is 169 Å². The fourth-order valence-corrected chi connectivity index (χ4v) is 5.67. The van der Waals surface area contributed by atoms with Crippen LogP contribution < -0.4 is 14.4 Å². The molecule has 0 bridgehead atoms. The van der Waals surface area contributed by atoms with E-state index in [1.807, 2.05) is 17.8 Å². The summed E-state index contributed by atoms with van der Waals surface area (Å²) in [5.74, 6) is 2.22. The molecule has 4 rings (SSSR count). The third kappa shape index (κ3) is 3.35. The number of para-hydroxylation sites is 1. The van der Waals surface area contributed by atoms with Crippen LogP contribution >= 0.6 is 11.8 Å². The van der Waals surface area contributed by atoms with Crippen molar-refractivity contribution in [2.45, 2.75) is 24.2 Å². The number of rotatable bonds is 5. The summed E-state index contributed by atoms with van der Waals surface area (Å²) < 4.78 is 31.8. The molecule has 0 radical (unpaired) electrons. The highest BCUT2D eigenvalue weighted by atomic mass is 32.2. The molecule has 2 aliphatic rings. The number of hydrogen-bond acceptors (Lipinski definition) is 5. The molecule has 8 heteroatoms. The average Bonchev–Trinajstić information content (AvgIpc) is 2.91. The number of carbonyl (C=O) groups is 1. The minimum Gasteiger partial charge on any atom is -0.489 e. The van der Waals surface area contributed by atoms with Gasteiger partial charge in [-0.1, -0.05) is 18.2 Å². The molecule has 0 aromatic heterocycles. The number of nitrogens with one attached hydrogen (secondary N) is 1. The molecule has 0 aliphatic carbocycles. The lowest BCUT2D eigenvalue weighted by Gasteiger charge is -2.26. The second kappa shape index (κ2) is 7.33. The number of thioether (sulfide) groups is 1. The second-order valence-corrected chi connectivity index (χ2v) is 10.5. The molecule has 1 N–H and O–H groups in total. The molecule has 2 heterocycles. The van der Waals surface area contributed by atoms with Gasteiger partial charge in [0.1, 0.15) is 11.9 Å². The van der Waals surface area contributed by atoms with Crippen molar-refractivity contribution in [3.8, 4) is 5.75 Å². The Bertz CT molecular complexity index is 959. The topological polar surface area (TPSA) is 75.7 Å². The Hall–Kier alpha value is -2.19. The van der Waals surface area contributed by atoms with Gasteiger partial charge >= 0.3 is 0 Å². The van der Waals surface area contributed by atoms with Crippen LogP contribution in [0.25, 0.3) is 0 Å². The second-order valence-electron chi connectivity index (χ2n) is 7.15.